The monoisotopic (exact) mass is 266 g/mol. The van der Waals surface area contributed by atoms with Crippen molar-refractivity contribution in [3.8, 4) is 0 Å². The zero-order valence-corrected chi connectivity index (χ0v) is 12.0. The minimum Gasteiger partial charge on any atom is -0.389 e. The highest BCUT2D eigenvalue weighted by atomic mass is 16.3. The Morgan fingerprint density at radius 3 is 2.47 bits per heavy atom. The molecule has 0 unspecified atom stereocenters. The summed E-state index contributed by atoms with van der Waals surface area (Å²) >= 11 is 0. The molecule has 0 aliphatic heterocycles. The molecule has 1 amide bonds. The minimum absolute atomic E-state index is 0.230. The highest BCUT2D eigenvalue weighted by Gasteiger charge is 2.19. The van der Waals surface area contributed by atoms with Gasteiger partial charge in [0.15, 0.2) is 11.5 Å². The van der Waals surface area contributed by atoms with Crippen LogP contribution in [0.25, 0.3) is 0 Å². The summed E-state index contributed by atoms with van der Waals surface area (Å²) in [7, 11) is 0. The molecule has 0 atom stereocenters. The maximum atomic E-state index is 11.6. The van der Waals surface area contributed by atoms with Gasteiger partial charge in [-0.2, -0.15) is 0 Å². The van der Waals surface area contributed by atoms with Crippen LogP contribution in [0.4, 0.5) is 5.82 Å². The second-order valence-electron chi connectivity index (χ2n) is 4.96. The van der Waals surface area contributed by atoms with Gasteiger partial charge in [0.05, 0.1) is 5.60 Å². The predicted molar refractivity (Wildman–Crippen MR) is 74.2 cm³/mol. The molecule has 0 saturated heterocycles. The Bertz CT molecular complexity index is 412. The molecule has 0 saturated carbocycles. The van der Waals surface area contributed by atoms with E-state index in [0.29, 0.717) is 31.1 Å². The number of likely N-dealkylation sites (N-methyl/N-ethyl adjacent to an activating group) is 1. The normalized spacial score (nSPS) is 11.2. The largest absolute Gasteiger partial charge is 0.389 e. The van der Waals surface area contributed by atoms with Crippen molar-refractivity contribution in [1.29, 1.82) is 0 Å². The summed E-state index contributed by atoms with van der Waals surface area (Å²) < 4.78 is 0. The number of hydrogen-bond acceptors (Lipinski definition) is 5. The summed E-state index contributed by atoms with van der Waals surface area (Å²) in [6.07, 6.45) is 0. The molecule has 2 N–H and O–H groups in total. The van der Waals surface area contributed by atoms with Gasteiger partial charge in [0.2, 0.25) is 0 Å². The highest BCUT2D eigenvalue weighted by Crippen LogP contribution is 2.13. The third-order valence-corrected chi connectivity index (χ3v) is 2.50. The van der Waals surface area contributed by atoms with Gasteiger partial charge in [0, 0.05) is 19.6 Å². The standard InChI is InChI=1S/C13H22N4O2/c1-5-14-12(18)10-7-8-11(16-15-10)17(6-2)9-13(3,4)19/h7-8,19H,5-6,9H2,1-4H3,(H,14,18). The number of carbonyl (C=O) groups excluding carboxylic acids is 1. The molecule has 0 aromatic carbocycles. The predicted octanol–water partition coefficient (Wildman–Crippen LogP) is 0.823. The average molecular weight is 266 g/mol. The molecule has 1 aromatic heterocycles. The number of aliphatic hydroxyl groups is 1. The van der Waals surface area contributed by atoms with Crippen molar-refractivity contribution >= 4 is 11.7 Å². The van der Waals surface area contributed by atoms with Gasteiger partial charge in [-0.1, -0.05) is 0 Å². The van der Waals surface area contributed by atoms with Crippen molar-refractivity contribution in [1.82, 2.24) is 15.5 Å². The van der Waals surface area contributed by atoms with Crippen LogP contribution in [0.15, 0.2) is 12.1 Å². The van der Waals surface area contributed by atoms with E-state index < -0.39 is 5.60 Å². The number of aromatic nitrogens is 2. The number of carbonyl (C=O) groups is 1. The van der Waals surface area contributed by atoms with Crippen molar-refractivity contribution < 1.29 is 9.90 Å². The molecule has 6 nitrogen and oxygen atoms in total. The van der Waals surface area contributed by atoms with E-state index in [9.17, 15) is 9.90 Å². The van der Waals surface area contributed by atoms with Gasteiger partial charge < -0.3 is 15.3 Å². The van der Waals surface area contributed by atoms with Crippen molar-refractivity contribution in [2.45, 2.75) is 33.3 Å². The lowest BCUT2D eigenvalue weighted by molar-refractivity contribution is 0.0872. The Hall–Kier alpha value is -1.69. The van der Waals surface area contributed by atoms with E-state index in [1.54, 1.807) is 26.0 Å². The molecule has 1 aromatic rings. The molecular weight excluding hydrogens is 244 g/mol. The molecule has 0 aliphatic rings. The first-order valence-corrected chi connectivity index (χ1v) is 6.46. The van der Waals surface area contributed by atoms with E-state index in [2.05, 4.69) is 15.5 Å². The van der Waals surface area contributed by atoms with Gasteiger partial charge >= 0.3 is 0 Å². The summed E-state index contributed by atoms with van der Waals surface area (Å²) in [6, 6.07) is 3.38. The average Bonchev–Trinajstić information content (AvgIpc) is 2.35. The first-order valence-electron chi connectivity index (χ1n) is 6.46. The van der Waals surface area contributed by atoms with Crippen LogP contribution in [0, 0.1) is 0 Å². The van der Waals surface area contributed by atoms with Gasteiger partial charge in [0.25, 0.3) is 5.91 Å². The smallest absolute Gasteiger partial charge is 0.271 e. The Labute approximate surface area is 113 Å². The summed E-state index contributed by atoms with van der Waals surface area (Å²) in [4.78, 5) is 13.5. The molecule has 0 bridgehead atoms. The molecule has 106 valence electrons. The third-order valence-electron chi connectivity index (χ3n) is 2.50. The number of amides is 1. The van der Waals surface area contributed by atoms with Crippen LogP contribution in [-0.2, 0) is 0 Å². The summed E-state index contributed by atoms with van der Waals surface area (Å²) in [5, 5.41) is 20.5. The zero-order chi connectivity index (χ0) is 14.5. The Balaban J connectivity index is 2.81. The highest BCUT2D eigenvalue weighted by molar-refractivity contribution is 5.92. The second-order valence-corrected chi connectivity index (χ2v) is 4.96. The topological polar surface area (TPSA) is 78.4 Å². The molecule has 0 radical (unpaired) electrons. The molecule has 19 heavy (non-hydrogen) atoms. The number of rotatable bonds is 6. The van der Waals surface area contributed by atoms with Crippen molar-refractivity contribution in [2.75, 3.05) is 24.5 Å². The van der Waals surface area contributed by atoms with E-state index in [4.69, 9.17) is 0 Å². The van der Waals surface area contributed by atoms with E-state index in [0.717, 1.165) is 0 Å². The first-order chi connectivity index (χ1) is 8.87. The third kappa shape index (κ3) is 4.82. The molecule has 1 rings (SSSR count). The second kappa shape index (κ2) is 6.47. The summed E-state index contributed by atoms with van der Waals surface area (Å²) in [6.45, 7) is 9.03. The molecule has 0 spiro atoms. The summed E-state index contributed by atoms with van der Waals surface area (Å²) in [5.74, 6) is 0.421. The van der Waals surface area contributed by atoms with Crippen molar-refractivity contribution in [2.24, 2.45) is 0 Å². The fraction of sp³-hybridized carbons (Fsp3) is 0.615. The van der Waals surface area contributed by atoms with Gasteiger partial charge in [0.1, 0.15) is 0 Å². The van der Waals surface area contributed by atoms with Gasteiger partial charge in [-0.15, -0.1) is 10.2 Å². The van der Waals surface area contributed by atoms with Crippen LogP contribution < -0.4 is 10.2 Å². The number of nitrogens with zero attached hydrogens (tertiary/aromatic N) is 3. The molecule has 0 aliphatic carbocycles. The van der Waals surface area contributed by atoms with Gasteiger partial charge in [-0.3, -0.25) is 4.79 Å². The van der Waals surface area contributed by atoms with Crippen LogP contribution in [0.2, 0.25) is 0 Å². The lowest BCUT2D eigenvalue weighted by Crippen LogP contribution is -2.39. The number of hydrogen-bond donors (Lipinski definition) is 2. The Kier molecular flexibility index (Phi) is 5.23. The Morgan fingerprint density at radius 1 is 1.37 bits per heavy atom. The number of anilines is 1. The van der Waals surface area contributed by atoms with Crippen LogP contribution in [0.3, 0.4) is 0 Å². The molecule has 1 heterocycles. The maximum absolute atomic E-state index is 11.6. The van der Waals surface area contributed by atoms with E-state index in [1.165, 1.54) is 0 Å². The lowest BCUT2D eigenvalue weighted by atomic mass is 10.1. The number of nitrogens with one attached hydrogen (secondary N) is 1. The van der Waals surface area contributed by atoms with Crippen molar-refractivity contribution in [3.63, 3.8) is 0 Å². The van der Waals surface area contributed by atoms with Crippen LogP contribution >= 0.6 is 0 Å². The minimum atomic E-state index is -0.810. The van der Waals surface area contributed by atoms with Gasteiger partial charge in [-0.25, -0.2) is 0 Å². The summed E-state index contributed by atoms with van der Waals surface area (Å²) in [5.41, 5.74) is -0.513. The zero-order valence-electron chi connectivity index (χ0n) is 12.0. The molecular formula is C13H22N4O2. The fourth-order valence-electron chi connectivity index (χ4n) is 1.69. The SMILES string of the molecule is CCNC(=O)c1ccc(N(CC)CC(C)(C)O)nn1. The quantitative estimate of drug-likeness (QED) is 0.797. The fourth-order valence-corrected chi connectivity index (χ4v) is 1.69. The van der Waals surface area contributed by atoms with E-state index in [1.807, 2.05) is 18.7 Å². The van der Waals surface area contributed by atoms with Crippen molar-refractivity contribution in [3.05, 3.63) is 17.8 Å². The maximum Gasteiger partial charge on any atom is 0.271 e. The lowest BCUT2D eigenvalue weighted by Gasteiger charge is -2.28. The van der Waals surface area contributed by atoms with Gasteiger partial charge in [-0.05, 0) is 39.8 Å². The van der Waals surface area contributed by atoms with E-state index in [-0.39, 0.29) is 5.91 Å². The molecule has 0 fully saturated rings. The Morgan fingerprint density at radius 2 is 2.05 bits per heavy atom. The van der Waals surface area contributed by atoms with E-state index >= 15 is 0 Å². The van der Waals surface area contributed by atoms with Crippen LogP contribution in [0.5, 0.6) is 0 Å². The van der Waals surface area contributed by atoms with Crippen LogP contribution in [-0.4, -0.2) is 46.4 Å². The van der Waals surface area contributed by atoms with Crippen LogP contribution in [0.1, 0.15) is 38.2 Å². The first kappa shape index (κ1) is 15.4. The molecule has 6 heteroatoms.